The number of aromatic nitrogens is 2. The van der Waals surface area contributed by atoms with Gasteiger partial charge in [-0.2, -0.15) is 5.10 Å². The van der Waals surface area contributed by atoms with Gasteiger partial charge in [0.2, 0.25) is 0 Å². The number of fused-ring (bicyclic) bond motifs is 1. The Morgan fingerprint density at radius 2 is 1.82 bits per heavy atom. The second-order valence-corrected chi connectivity index (χ2v) is 7.22. The Morgan fingerprint density at radius 3 is 2.57 bits per heavy atom. The standard InChI is InChI=1S/C22H25N3O2.ClH/c1-27-18-10-8-16(9-11-18)15-21-19-6-2-3-7-20(19)22(26)25(24-21)17-5-4-13-23-14-12-17;/h2-3,6-11,17,23H,4-5,12-15H2,1H3;1H. The van der Waals surface area contributed by atoms with Gasteiger partial charge in [0.1, 0.15) is 5.75 Å². The quantitative estimate of drug-likeness (QED) is 0.630. The molecule has 0 bridgehead atoms. The minimum Gasteiger partial charge on any atom is -1.00 e. The summed E-state index contributed by atoms with van der Waals surface area (Å²) in [6.45, 7) is 2.19. The van der Waals surface area contributed by atoms with E-state index in [4.69, 9.17) is 9.84 Å². The molecule has 28 heavy (non-hydrogen) atoms. The predicted octanol–water partition coefficient (Wildman–Crippen LogP) is -0.712. The van der Waals surface area contributed by atoms with Crippen LogP contribution in [0.1, 0.15) is 36.6 Å². The van der Waals surface area contributed by atoms with Gasteiger partial charge in [-0.25, -0.2) is 4.68 Å². The van der Waals surface area contributed by atoms with Gasteiger partial charge >= 0.3 is 0 Å². The highest BCUT2D eigenvalue weighted by molar-refractivity contribution is 5.83. The van der Waals surface area contributed by atoms with Crippen LogP contribution in [0.15, 0.2) is 53.3 Å². The Hall–Kier alpha value is -2.37. The van der Waals surface area contributed by atoms with Crippen LogP contribution in [0.4, 0.5) is 0 Å². The molecule has 1 fully saturated rings. The first-order valence-electron chi connectivity index (χ1n) is 9.71. The van der Waals surface area contributed by atoms with Crippen LogP contribution in [0.2, 0.25) is 0 Å². The summed E-state index contributed by atoms with van der Waals surface area (Å²) in [6.07, 6.45) is 3.83. The van der Waals surface area contributed by atoms with Crippen LogP contribution < -0.4 is 28.0 Å². The largest absolute Gasteiger partial charge is 1.00 e. The van der Waals surface area contributed by atoms with Gasteiger partial charge in [0.05, 0.1) is 37.3 Å². The number of methoxy groups -OCH3 is 1. The topological polar surface area (TPSA) is 60.7 Å². The first-order valence-corrected chi connectivity index (χ1v) is 9.71. The number of nitrogens with zero attached hydrogens (tertiary/aromatic N) is 2. The van der Waals surface area contributed by atoms with Crippen LogP contribution in [0.5, 0.6) is 5.75 Å². The lowest BCUT2D eigenvalue weighted by Gasteiger charge is -2.18. The summed E-state index contributed by atoms with van der Waals surface area (Å²) >= 11 is 0. The lowest BCUT2D eigenvalue weighted by Crippen LogP contribution is -3.00. The van der Waals surface area contributed by atoms with E-state index in [1.54, 1.807) is 11.8 Å². The van der Waals surface area contributed by atoms with Crippen molar-refractivity contribution in [3.8, 4) is 5.75 Å². The third kappa shape index (κ3) is 4.21. The fourth-order valence-electron chi connectivity index (χ4n) is 3.93. The molecule has 0 saturated carbocycles. The Morgan fingerprint density at radius 1 is 1.07 bits per heavy atom. The van der Waals surface area contributed by atoms with E-state index in [1.807, 2.05) is 36.4 Å². The molecule has 148 valence electrons. The average Bonchev–Trinajstić information content (AvgIpc) is 3.00. The molecule has 2 N–H and O–H groups in total. The molecule has 4 rings (SSSR count). The van der Waals surface area contributed by atoms with Crippen LogP contribution in [0.25, 0.3) is 10.8 Å². The SMILES string of the molecule is COc1ccc(Cc2nn(C3CCC[NH2+]CC3)c(=O)c3ccccc23)cc1.[Cl-]. The molecule has 5 nitrogen and oxygen atoms in total. The number of hydrogen-bond acceptors (Lipinski definition) is 3. The number of hydrogen-bond donors (Lipinski definition) is 1. The molecule has 1 saturated heterocycles. The molecule has 1 aromatic heterocycles. The lowest BCUT2D eigenvalue weighted by molar-refractivity contribution is -0.653. The molecule has 1 atom stereocenters. The Balaban J connectivity index is 0.00000225. The highest BCUT2D eigenvalue weighted by Gasteiger charge is 2.20. The second-order valence-electron chi connectivity index (χ2n) is 7.22. The lowest BCUT2D eigenvalue weighted by atomic mass is 10.0. The fourth-order valence-corrected chi connectivity index (χ4v) is 3.93. The Kier molecular flexibility index (Phi) is 6.70. The minimum absolute atomic E-state index is 0. The van der Waals surface area contributed by atoms with E-state index in [9.17, 15) is 4.79 Å². The zero-order chi connectivity index (χ0) is 18.6. The molecule has 3 aromatic rings. The first-order chi connectivity index (χ1) is 13.3. The zero-order valence-electron chi connectivity index (χ0n) is 16.1. The average molecular weight is 400 g/mol. The fraction of sp³-hybridized carbons (Fsp3) is 0.364. The van der Waals surface area contributed by atoms with E-state index in [-0.39, 0.29) is 24.0 Å². The van der Waals surface area contributed by atoms with Gasteiger partial charge in [0, 0.05) is 18.2 Å². The number of halogens is 1. The summed E-state index contributed by atoms with van der Waals surface area (Å²) in [5.41, 5.74) is 2.16. The Labute approximate surface area is 171 Å². The van der Waals surface area contributed by atoms with Crippen molar-refractivity contribution in [1.29, 1.82) is 0 Å². The maximum absolute atomic E-state index is 13.1. The van der Waals surface area contributed by atoms with E-state index in [1.165, 1.54) is 0 Å². The summed E-state index contributed by atoms with van der Waals surface area (Å²) in [5, 5.41) is 8.92. The minimum atomic E-state index is 0. The van der Waals surface area contributed by atoms with Crippen molar-refractivity contribution < 1.29 is 22.5 Å². The van der Waals surface area contributed by atoms with Gasteiger partial charge in [-0.05, 0) is 36.6 Å². The molecule has 1 aliphatic heterocycles. The van der Waals surface area contributed by atoms with Gasteiger partial charge in [-0.15, -0.1) is 0 Å². The number of nitrogens with two attached hydrogens (primary N) is 1. The van der Waals surface area contributed by atoms with Gasteiger partial charge in [0.25, 0.3) is 5.56 Å². The van der Waals surface area contributed by atoms with Crippen molar-refractivity contribution >= 4 is 10.8 Å². The summed E-state index contributed by atoms with van der Waals surface area (Å²) in [7, 11) is 1.67. The molecular formula is C22H26ClN3O2. The number of rotatable bonds is 4. The van der Waals surface area contributed by atoms with E-state index in [0.717, 1.165) is 60.1 Å². The summed E-state index contributed by atoms with van der Waals surface area (Å²) in [5.74, 6) is 0.844. The molecular weight excluding hydrogens is 374 g/mol. The van der Waals surface area contributed by atoms with Crippen LogP contribution in [-0.4, -0.2) is 30.0 Å². The zero-order valence-corrected chi connectivity index (χ0v) is 16.9. The molecule has 0 amide bonds. The third-order valence-corrected chi connectivity index (χ3v) is 5.43. The maximum atomic E-state index is 13.1. The van der Waals surface area contributed by atoms with E-state index >= 15 is 0 Å². The summed E-state index contributed by atoms with van der Waals surface area (Å²) in [4.78, 5) is 13.1. The van der Waals surface area contributed by atoms with Gasteiger partial charge in [0.15, 0.2) is 0 Å². The van der Waals surface area contributed by atoms with Crippen LogP contribution in [-0.2, 0) is 6.42 Å². The first kappa shape index (κ1) is 20.4. The van der Waals surface area contributed by atoms with Crippen LogP contribution in [0.3, 0.4) is 0 Å². The number of benzene rings is 2. The molecule has 0 aliphatic carbocycles. The third-order valence-electron chi connectivity index (χ3n) is 5.43. The molecule has 1 aliphatic rings. The van der Waals surface area contributed by atoms with Crippen molar-refractivity contribution in [2.75, 3.05) is 20.2 Å². The second kappa shape index (κ2) is 9.22. The van der Waals surface area contributed by atoms with E-state index in [0.29, 0.717) is 6.42 Å². The molecule has 6 heteroatoms. The molecule has 0 spiro atoms. The summed E-state index contributed by atoms with van der Waals surface area (Å²) in [6, 6.07) is 16.1. The number of quaternary nitrogens is 1. The van der Waals surface area contributed by atoms with Crippen molar-refractivity contribution in [3.05, 3.63) is 70.1 Å². The molecule has 2 heterocycles. The van der Waals surface area contributed by atoms with Gasteiger partial charge in [-0.1, -0.05) is 30.3 Å². The van der Waals surface area contributed by atoms with E-state index in [2.05, 4.69) is 17.4 Å². The highest BCUT2D eigenvalue weighted by atomic mass is 35.5. The van der Waals surface area contributed by atoms with Crippen molar-refractivity contribution in [2.45, 2.75) is 31.7 Å². The van der Waals surface area contributed by atoms with Gasteiger partial charge in [-0.3, -0.25) is 4.79 Å². The van der Waals surface area contributed by atoms with Crippen molar-refractivity contribution in [1.82, 2.24) is 9.78 Å². The smallest absolute Gasteiger partial charge is 0.274 e. The molecule has 1 unspecified atom stereocenters. The predicted molar refractivity (Wildman–Crippen MR) is 106 cm³/mol. The molecule has 2 aromatic carbocycles. The van der Waals surface area contributed by atoms with Crippen LogP contribution in [0, 0.1) is 0 Å². The normalized spacial score (nSPS) is 17.0. The number of ether oxygens (including phenoxy) is 1. The molecule has 0 radical (unpaired) electrons. The Bertz CT molecular complexity index is 977. The van der Waals surface area contributed by atoms with Crippen molar-refractivity contribution in [2.24, 2.45) is 0 Å². The maximum Gasteiger partial charge on any atom is 0.274 e. The van der Waals surface area contributed by atoms with Gasteiger partial charge < -0.3 is 22.5 Å². The summed E-state index contributed by atoms with van der Waals surface area (Å²) < 4.78 is 7.02. The van der Waals surface area contributed by atoms with Crippen molar-refractivity contribution in [3.63, 3.8) is 0 Å². The highest BCUT2D eigenvalue weighted by Crippen LogP contribution is 2.22. The van der Waals surface area contributed by atoms with Crippen LogP contribution >= 0.6 is 0 Å². The monoisotopic (exact) mass is 399 g/mol. The van der Waals surface area contributed by atoms with E-state index < -0.39 is 0 Å².